The van der Waals surface area contributed by atoms with Crippen molar-refractivity contribution in [3.05, 3.63) is 0 Å². The molecule has 1 rings (SSSR count). The van der Waals surface area contributed by atoms with Crippen LogP contribution in [0.3, 0.4) is 0 Å². The fourth-order valence-electron chi connectivity index (χ4n) is 1.51. The molecule has 14 heavy (non-hydrogen) atoms. The van der Waals surface area contributed by atoms with Gasteiger partial charge in [0.15, 0.2) is 0 Å². The van der Waals surface area contributed by atoms with E-state index in [4.69, 9.17) is 9.47 Å². The zero-order chi connectivity index (χ0) is 10.1. The van der Waals surface area contributed by atoms with Gasteiger partial charge in [-0.05, 0) is 33.0 Å². The van der Waals surface area contributed by atoms with Gasteiger partial charge >= 0.3 is 0 Å². The van der Waals surface area contributed by atoms with E-state index >= 15 is 0 Å². The Morgan fingerprint density at radius 1 is 1.21 bits per heavy atom. The van der Waals surface area contributed by atoms with Gasteiger partial charge in [-0.15, -0.1) is 0 Å². The standard InChI is InChI=1S/C10H22N2O2/c1-11-6-7-13-8-9-14-10-2-4-12-5-3-10/h10-12H,2-9H2,1H3. The molecular formula is C10H22N2O2. The van der Waals surface area contributed by atoms with Crippen LogP contribution in [0.2, 0.25) is 0 Å². The third-order valence-corrected chi connectivity index (χ3v) is 2.36. The van der Waals surface area contributed by atoms with Crippen LogP contribution >= 0.6 is 0 Å². The van der Waals surface area contributed by atoms with Gasteiger partial charge in [0.25, 0.3) is 0 Å². The molecule has 1 aliphatic heterocycles. The molecule has 1 saturated heterocycles. The molecule has 1 heterocycles. The Kier molecular flexibility index (Phi) is 6.95. The minimum Gasteiger partial charge on any atom is -0.378 e. The predicted molar refractivity (Wildman–Crippen MR) is 56.6 cm³/mol. The smallest absolute Gasteiger partial charge is 0.0704 e. The summed E-state index contributed by atoms with van der Waals surface area (Å²) in [6, 6.07) is 0. The maximum absolute atomic E-state index is 5.68. The monoisotopic (exact) mass is 202 g/mol. The van der Waals surface area contributed by atoms with Crippen LogP contribution in [0.25, 0.3) is 0 Å². The first-order valence-corrected chi connectivity index (χ1v) is 5.48. The highest BCUT2D eigenvalue weighted by Gasteiger charge is 2.12. The van der Waals surface area contributed by atoms with E-state index in [1.807, 2.05) is 7.05 Å². The lowest BCUT2D eigenvalue weighted by molar-refractivity contribution is -0.00637. The van der Waals surface area contributed by atoms with Crippen LogP contribution in [0, 0.1) is 0 Å². The summed E-state index contributed by atoms with van der Waals surface area (Å²) in [6.07, 6.45) is 2.72. The molecule has 4 heteroatoms. The zero-order valence-electron chi connectivity index (χ0n) is 9.05. The van der Waals surface area contributed by atoms with Crippen LogP contribution in [-0.2, 0) is 9.47 Å². The summed E-state index contributed by atoms with van der Waals surface area (Å²) in [6.45, 7) is 5.30. The van der Waals surface area contributed by atoms with Crippen LogP contribution in [0.15, 0.2) is 0 Å². The Balaban J connectivity index is 1.82. The summed E-state index contributed by atoms with van der Waals surface area (Å²) in [4.78, 5) is 0. The summed E-state index contributed by atoms with van der Waals surface area (Å²) in [5, 5.41) is 6.35. The molecule has 0 atom stereocenters. The Morgan fingerprint density at radius 2 is 2.00 bits per heavy atom. The predicted octanol–water partition coefficient (Wildman–Crippen LogP) is -0.00900. The Bertz CT molecular complexity index is 127. The van der Waals surface area contributed by atoms with E-state index in [1.165, 1.54) is 0 Å². The molecule has 0 unspecified atom stereocenters. The number of hydrogen-bond donors (Lipinski definition) is 2. The fourth-order valence-corrected chi connectivity index (χ4v) is 1.51. The van der Waals surface area contributed by atoms with E-state index in [-0.39, 0.29) is 0 Å². The first-order chi connectivity index (χ1) is 6.93. The van der Waals surface area contributed by atoms with Gasteiger partial charge in [0.1, 0.15) is 0 Å². The quantitative estimate of drug-likeness (QED) is 0.570. The van der Waals surface area contributed by atoms with Gasteiger partial charge in [-0.3, -0.25) is 0 Å². The summed E-state index contributed by atoms with van der Waals surface area (Å²) in [5.41, 5.74) is 0. The van der Waals surface area contributed by atoms with Gasteiger partial charge in [0.05, 0.1) is 25.9 Å². The Labute approximate surface area is 86.3 Å². The fraction of sp³-hybridized carbons (Fsp3) is 1.00. The maximum Gasteiger partial charge on any atom is 0.0704 e. The van der Waals surface area contributed by atoms with Gasteiger partial charge in [0, 0.05) is 6.54 Å². The number of rotatable bonds is 7. The number of likely N-dealkylation sites (N-methyl/N-ethyl adjacent to an activating group) is 1. The molecule has 0 aliphatic carbocycles. The average Bonchev–Trinajstić information content (AvgIpc) is 2.25. The molecule has 1 fully saturated rings. The highest BCUT2D eigenvalue weighted by Crippen LogP contribution is 2.06. The number of hydrogen-bond acceptors (Lipinski definition) is 4. The maximum atomic E-state index is 5.68. The second-order valence-corrected chi connectivity index (χ2v) is 3.54. The SMILES string of the molecule is CNCCOCCOC1CCNCC1. The van der Waals surface area contributed by atoms with E-state index in [0.717, 1.165) is 45.7 Å². The lowest BCUT2D eigenvalue weighted by Crippen LogP contribution is -2.33. The number of piperidine rings is 1. The number of ether oxygens (including phenoxy) is 2. The van der Waals surface area contributed by atoms with E-state index in [9.17, 15) is 0 Å². The van der Waals surface area contributed by atoms with Crippen LogP contribution in [0.1, 0.15) is 12.8 Å². The molecule has 0 saturated carbocycles. The average molecular weight is 202 g/mol. The van der Waals surface area contributed by atoms with Crippen molar-refractivity contribution in [3.63, 3.8) is 0 Å². The van der Waals surface area contributed by atoms with Crippen LogP contribution < -0.4 is 10.6 Å². The van der Waals surface area contributed by atoms with E-state index in [0.29, 0.717) is 12.7 Å². The molecule has 0 aromatic carbocycles. The molecule has 4 nitrogen and oxygen atoms in total. The second kappa shape index (κ2) is 8.17. The van der Waals surface area contributed by atoms with Gasteiger partial charge in [-0.1, -0.05) is 0 Å². The van der Waals surface area contributed by atoms with Crippen molar-refractivity contribution < 1.29 is 9.47 Å². The van der Waals surface area contributed by atoms with Crippen LogP contribution in [0.5, 0.6) is 0 Å². The summed E-state index contributed by atoms with van der Waals surface area (Å²) in [7, 11) is 1.93. The van der Waals surface area contributed by atoms with Crippen LogP contribution in [-0.4, -0.2) is 52.6 Å². The lowest BCUT2D eigenvalue weighted by Gasteiger charge is -2.22. The van der Waals surface area contributed by atoms with E-state index < -0.39 is 0 Å². The third-order valence-electron chi connectivity index (χ3n) is 2.36. The summed E-state index contributed by atoms with van der Waals surface area (Å²) >= 11 is 0. The summed E-state index contributed by atoms with van der Waals surface area (Å²) < 4.78 is 11.0. The van der Waals surface area contributed by atoms with Crippen molar-refractivity contribution in [1.82, 2.24) is 10.6 Å². The van der Waals surface area contributed by atoms with Crippen LogP contribution in [0.4, 0.5) is 0 Å². The van der Waals surface area contributed by atoms with E-state index in [2.05, 4.69) is 10.6 Å². The third kappa shape index (κ3) is 5.54. The van der Waals surface area contributed by atoms with Gasteiger partial charge in [0.2, 0.25) is 0 Å². The highest BCUT2D eigenvalue weighted by molar-refractivity contribution is 4.67. The van der Waals surface area contributed by atoms with Crippen molar-refractivity contribution in [2.24, 2.45) is 0 Å². The molecule has 2 N–H and O–H groups in total. The lowest BCUT2D eigenvalue weighted by atomic mass is 10.1. The molecule has 1 aliphatic rings. The molecule has 0 aromatic rings. The largest absolute Gasteiger partial charge is 0.378 e. The molecule has 0 bridgehead atoms. The normalized spacial score (nSPS) is 18.6. The Morgan fingerprint density at radius 3 is 2.71 bits per heavy atom. The Hall–Kier alpha value is -0.160. The molecule has 0 amide bonds. The first-order valence-electron chi connectivity index (χ1n) is 5.48. The topological polar surface area (TPSA) is 42.5 Å². The second-order valence-electron chi connectivity index (χ2n) is 3.54. The van der Waals surface area contributed by atoms with E-state index in [1.54, 1.807) is 0 Å². The van der Waals surface area contributed by atoms with Crippen molar-refractivity contribution in [3.8, 4) is 0 Å². The summed E-state index contributed by atoms with van der Waals surface area (Å²) in [5.74, 6) is 0. The molecule has 0 spiro atoms. The molecule has 84 valence electrons. The van der Waals surface area contributed by atoms with Crippen molar-refractivity contribution in [2.75, 3.05) is 46.5 Å². The van der Waals surface area contributed by atoms with Crippen molar-refractivity contribution >= 4 is 0 Å². The zero-order valence-corrected chi connectivity index (χ0v) is 9.05. The van der Waals surface area contributed by atoms with Gasteiger partial charge in [-0.25, -0.2) is 0 Å². The molecule has 0 radical (unpaired) electrons. The number of nitrogens with one attached hydrogen (secondary N) is 2. The van der Waals surface area contributed by atoms with Crippen molar-refractivity contribution in [2.45, 2.75) is 18.9 Å². The molecular weight excluding hydrogens is 180 g/mol. The minimum absolute atomic E-state index is 0.448. The first kappa shape index (κ1) is 11.9. The minimum atomic E-state index is 0.448. The molecule has 0 aromatic heterocycles. The highest BCUT2D eigenvalue weighted by atomic mass is 16.5. The van der Waals surface area contributed by atoms with Gasteiger partial charge in [-0.2, -0.15) is 0 Å². The van der Waals surface area contributed by atoms with Gasteiger partial charge < -0.3 is 20.1 Å². The van der Waals surface area contributed by atoms with Crippen molar-refractivity contribution in [1.29, 1.82) is 0 Å².